The van der Waals surface area contributed by atoms with Gasteiger partial charge in [-0.3, -0.25) is 0 Å². The number of hydrogen-bond acceptors (Lipinski definition) is 4. The Balaban J connectivity index is 2.82. The largest absolute Gasteiger partial charge is 0.452 e. The SMILES string of the molecule is COC(=O)NNS(=O)(=O)c1cccc(F)c1. The van der Waals surface area contributed by atoms with Gasteiger partial charge in [0.05, 0.1) is 12.0 Å². The summed E-state index contributed by atoms with van der Waals surface area (Å²) in [5.74, 6) is -0.694. The van der Waals surface area contributed by atoms with Crippen molar-refractivity contribution in [3.63, 3.8) is 0 Å². The van der Waals surface area contributed by atoms with Crippen LogP contribution in [0, 0.1) is 5.82 Å². The van der Waals surface area contributed by atoms with E-state index in [0.717, 1.165) is 19.2 Å². The summed E-state index contributed by atoms with van der Waals surface area (Å²) in [6.07, 6.45) is -0.972. The predicted octanol–water partition coefficient (Wildman–Crippen LogP) is 0.375. The molecule has 2 N–H and O–H groups in total. The summed E-state index contributed by atoms with van der Waals surface area (Å²) >= 11 is 0. The fourth-order valence-electron chi connectivity index (χ4n) is 0.853. The molecule has 0 heterocycles. The summed E-state index contributed by atoms with van der Waals surface area (Å²) in [4.78, 5) is 12.1. The molecule has 1 aromatic carbocycles. The van der Waals surface area contributed by atoms with Crippen LogP contribution in [0.4, 0.5) is 9.18 Å². The molecule has 88 valence electrons. The lowest BCUT2D eigenvalue weighted by Gasteiger charge is -2.06. The number of sulfonamides is 1. The maximum atomic E-state index is 12.8. The van der Waals surface area contributed by atoms with Gasteiger partial charge in [-0.15, -0.1) is 4.83 Å². The fraction of sp³-hybridized carbons (Fsp3) is 0.125. The van der Waals surface area contributed by atoms with Gasteiger partial charge >= 0.3 is 6.09 Å². The molecule has 0 radical (unpaired) electrons. The molecule has 0 unspecified atom stereocenters. The second-order valence-electron chi connectivity index (χ2n) is 2.68. The van der Waals surface area contributed by atoms with Crippen LogP contribution in [0.2, 0.25) is 0 Å². The van der Waals surface area contributed by atoms with Crippen LogP contribution >= 0.6 is 0 Å². The molecule has 0 aliphatic heterocycles. The molecule has 16 heavy (non-hydrogen) atoms. The fourth-order valence-corrected chi connectivity index (χ4v) is 1.71. The summed E-state index contributed by atoms with van der Waals surface area (Å²) < 4.78 is 39.8. The van der Waals surface area contributed by atoms with Crippen LogP contribution in [0.25, 0.3) is 0 Å². The number of nitrogens with one attached hydrogen (secondary N) is 2. The molecule has 0 aromatic heterocycles. The average Bonchev–Trinajstić information content (AvgIpc) is 2.26. The minimum atomic E-state index is -3.99. The highest BCUT2D eigenvalue weighted by Crippen LogP contribution is 2.09. The zero-order valence-corrected chi connectivity index (χ0v) is 9.05. The van der Waals surface area contributed by atoms with Crippen molar-refractivity contribution in [2.24, 2.45) is 0 Å². The van der Waals surface area contributed by atoms with Gasteiger partial charge in [0.15, 0.2) is 0 Å². The number of carbonyl (C=O) groups is 1. The third-order valence-electron chi connectivity index (χ3n) is 1.58. The van der Waals surface area contributed by atoms with Gasteiger partial charge in [-0.05, 0) is 18.2 Å². The number of methoxy groups -OCH3 is 1. The van der Waals surface area contributed by atoms with Gasteiger partial charge in [0.25, 0.3) is 10.0 Å². The van der Waals surface area contributed by atoms with Crippen LogP contribution in [0.3, 0.4) is 0 Å². The topological polar surface area (TPSA) is 84.5 Å². The van der Waals surface area contributed by atoms with Gasteiger partial charge in [0, 0.05) is 0 Å². The van der Waals surface area contributed by atoms with E-state index in [0.29, 0.717) is 0 Å². The molecule has 0 aliphatic rings. The molecule has 0 saturated carbocycles. The average molecular weight is 248 g/mol. The Morgan fingerprint density at radius 2 is 2.12 bits per heavy atom. The summed E-state index contributed by atoms with van der Waals surface area (Å²) in [5.41, 5.74) is 1.77. The molecule has 0 spiro atoms. The normalized spacial score (nSPS) is 10.9. The maximum absolute atomic E-state index is 12.8. The zero-order chi connectivity index (χ0) is 12.2. The van der Waals surface area contributed by atoms with Crippen molar-refractivity contribution >= 4 is 16.1 Å². The second kappa shape index (κ2) is 4.90. The summed E-state index contributed by atoms with van der Waals surface area (Å²) in [6, 6.07) is 4.35. The van der Waals surface area contributed by atoms with Crippen molar-refractivity contribution in [2.45, 2.75) is 4.90 Å². The van der Waals surface area contributed by atoms with E-state index in [1.165, 1.54) is 12.1 Å². The first-order valence-electron chi connectivity index (χ1n) is 4.07. The van der Waals surface area contributed by atoms with Gasteiger partial charge in [-0.2, -0.15) is 0 Å². The highest BCUT2D eigenvalue weighted by atomic mass is 32.2. The lowest BCUT2D eigenvalue weighted by Crippen LogP contribution is -2.41. The van der Waals surface area contributed by atoms with Crippen LogP contribution in [-0.2, 0) is 14.8 Å². The van der Waals surface area contributed by atoms with E-state index in [9.17, 15) is 17.6 Å². The third-order valence-corrected chi connectivity index (χ3v) is 2.82. The van der Waals surface area contributed by atoms with Gasteiger partial charge < -0.3 is 4.74 Å². The van der Waals surface area contributed by atoms with Crippen LogP contribution < -0.4 is 10.3 Å². The lowest BCUT2D eigenvalue weighted by atomic mass is 10.4. The summed E-state index contributed by atoms with van der Waals surface area (Å²) in [6.45, 7) is 0. The monoisotopic (exact) mass is 248 g/mol. The molecular weight excluding hydrogens is 239 g/mol. The summed E-state index contributed by atoms with van der Waals surface area (Å²) in [5, 5.41) is 0. The number of halogens is 1. The zero-order valence-electron chi connectivity index (χ0n) is 8.23. The van der Waals surface area contributed by atoms with Crippen LogP contribution in [-0.4, -0.2) is 21.6 Å². The minimum Gasteiger partial charge on any atom is -0.452 e. The molecule has 0 fully saturated rings. The number of hydrogen-bond donors (Lipinski definition) is 2. The van der Waals surface area contributed by atoms with E-state index in [1.54, 1.807) is 10.3 Å². The quantitative estimate of drug-likeness (QED) is 0.757. The maximum Gasteiger partial charge on any atom is 0.422 e. The molecular formula is C8H9FN2O4S. The molecule has 0 aliphatic carbocycles. The van der Waals surface area contributed by atoms with E-state index in [-0.39, 0.29) is 4.90 Å². The van der Waals surface area contributed by atoms with Gasteiger partial charge in [0.1, 0.15) is 5.82 Å². The molecule has 0 saturated heterocycles. The highest BCUT2D eigenvalue weighted by Gasteiger charge is 2.15. The number of ether oxygens (including phenoxy) is 1. The number of hydrazine groups is 1. The molecule has 6 nitrogen and oxygen atoms in total. The Bertz CT molecular complexity index is 489. The minimum absolute atomic E-state index is 0.302. The van der Waals surface area contributed by atoms with Crippen LogP contribution in [0.15, 0.2) is 29.2 Å². The number of amides is 1. The van der Waals surface area contributed by atoms with Crippen molar-refractivity contribution in [3.8, 4) is 0 Å². The Labute approximate surface area is 91.4 Å². The van der Waals surface area contributed by atoms with Crippen molar-refractivity contribution in [1.82, 2.24) is 10.3 Å². The standard InChI is InChI=1S/C8H9FN2O4S/c1-15-8(12)10-11-16(13,14)7-4-2-3-6(9)5-7/h2-5,11H,1H3,(H,10,12). The molecule has 0 atom stereocenters. The number of carbonyl (C=O) groups excluding carboxylic acids is 1. The van der Waals surface area contributed by atoms with Crippen molar-refractivity contribution in [2.75, 3.05) is 7.11 Å². The number of rotatable bonds is 3. The van der Waals surface area contributed by atoms with Crippen LogP contribution in [0.5, 0.6) is 0 Å². The Hall–Kier alpha value is -1.67. The molecule has 8 heteroatoms. The predicted molar refractivity (Wildman–Crippen MR) is 52.3 cm³/mol. The van der Waals surface area contributed by atoms with Crippen LogP contribution in [0.1, 0.15) is 0 Å². The van der Waals surface area contributed by atoms with Crippen molar-refractivity contribution < 1.29 is 22.3 Å². The van der Waals surface area contributed by atoms with Gasteiger partial charge in [0.2, 0.25) is 0 Å². The number of benzene rings is 1. The van der Waals surface area contributed by atoms with Crippen molar-refractivity contribution in [3.05, 3.63) is 30.1 Å². The Morgan fingerprint density at radius 1 is 1.44 bits per heavy atom. The first kappa shape index (κ1) is 12.4. The van der Waals surface area contributed by atoms with Gasteiger partial charge in [-0.25, -0.2) is 23.0 Å². The van der Waals surface area contributed by atoms with E-state index in [4.69, 9.17) is 0 Å². The van der Waals surface area contributed by atoms with E-state index in [2.05, 4.69) is 4.74 Å². The first-order valence-corrected chi connectivity index (χ1v) is 5.55. The molecule has 1 aromatic rings. The lowest BCUT2D eigenvalue weighted by molar-refractivity contribution is 0.169. The third kappa shape index (κ3) is 3.17. The molecule has 1 rings (SSSR count). The highest BCUT2D eigenvalue weighted by molar-refractivity contribution is 7.89. The van der Waals surface area contributed by atoms with Crippen molar-refractivity contribution in [1.29, 1.82) is 0 Å². The molecule has 0 bridgehead atoms. The first-order chi connectivity index (χ1) is 7.45. The van der Waals surface area contributed by atoms with E-state index in [1.807, 2.05) is 0 Å². The summed E-state index contributed by atoms with van der Waals surface area (Å²) in [7, 11) is -2.91. The van der Waals surface area contributed by atoms with Gasteiger partial charge in [-0.1, -0.05) is 6.07 Å². The second-order valence-corrected chi connectivity index (χ2v) is 4.36. The van der Waals surface area contributed by atoms with E-state index < -0.39 is 21.9 Å². The van der Waals surface area contributed by atoms with E-state index >= 15 is 0 Å². The Morgan fingerprint density at radius 3 is 2.69 bits per heavy atom. The smallest absolute Gasteiger partial charge is 0.422 e. The Kier molecular flexibility index (Phi) is 3.80. The molecule has 1 amide bonds.